The normalized spacial score (nSPS) is 12.9. The second-order valence-corrected chi connectivity index (χ2v) is 8.46. The molecule has 166 valence electrons. The topological polar surface area (TPSA) is 72.2 Å². The minimum Gasteiger partial charge on any atom is -0.354 e. The summed E-state index contributed by atoms with van der Waals surface area (Å²) in [5.74, 6) is -1.44. The van der Waals surface area contributed by atoms with E-state index in [0.29, 0.717) is 23.4 Å². The van der Waals surface area contributed by atoms with Gasteiger partial charge in [-0.15, -0.1) is 5.10 Å². The molecule has 0 aliphatic carbocycles. The number of amides is 1. The van der Waals surface area contributed by atoms with Crippen molar-refractivity contribution < 1.29 is 18.0 Å². The van der Waals surface area contributed by atoms with Crippen LogP contribution in [0.3, 0.4) is 0 Å². The zero-order valence-corrected chi connectivity index (χ0v) is 19.0. The van der Waals surface area contributed by atoms with Crippen molar-refractivity contribution in [3.63, 3.8) is 0 Å². The van der Waals surface area contributed by atoms with Crippen molar-refractivity contribution in [2.45, 2.75) is 58.7 Å². The van der Waals surface area contributed by atoms with Crippen LogP contribution in [-0.2, 0) is 23.8 Å². The predicted octanol–water partition coefficient (Wildman–Crippen LogP) is 4.59. The molecular formula is C21H23BrF3N5O. The minimum absolute atomic E-state index is 0.00334. The van der Waals surface area contributed by atoms with Crippen molar-refractivity contribution in [1.82, 2.24) is 24.9 Å². The Labute approximate surface area is 186 Å². The van der Waals surface area contributed by atoms with E-state index >= 15 is 0 Å². The van der Waals surface area contributed by atoms with Crippen molar-refractivity contribution in [2.75, 3.05) is 0 Å². The molecular weight excluding hydrogens is 475 g/mol. The molecule has 3 rings (SSSR count). The summed E-state index contributed by atoms with van der Waals surface area (Å²) >= 11 is 3.41. The summed E-state index contributed by atoms with van der Waals surface area (Å²) in [6, 6.07) is 8.06. The highest BCUT2D eigenvalue weighted by molar-refractivity contribution is 9.10. The second-order valence-electron chi connectivity index (χ2n) is 7.54. The number of nitrogens with one attached hydrogen (secondary N) is 1. The van der Waals surface area contributed by atoms with E-state index in [4.69, 9.17) is 0 Å². The number of hydrogen-bond donors (Lipinski definition) is 1. The number of halogens is 4. The van der Waals surface area contributed by atoms with Gasteiger partial charge in [0.2, 0.25) is 5.91 Å². The summed E-state index contributed by atoms with van der Waals surface area (Å²) in [5.41, 5.74) is 2.94. The van der Waals surface area contributed by atoms with Crippen LogP contribution in [0.2, 0.25) is 0 Å². The highest BCUT2D eigenvalue weighted by Gasteiger charge is 2.37. The molecule has 1 amide bonds. The van der Waals surface area contributed by atoms with Gasteiger partial charge in [0.25, 0.3) is 11.6 Å². The average Bonchev–Trinajstić information content (AvgIpc) is 3.12. The number of hydrogen-bond acceptors (Lipinski definition) is 4. The van der Waals surface area contributed by atoms with Gasteiger partial charge in [-0.1, -0.05) is 28.1 Å². The van der Waals surface area contributed by atoms with Crippen LogP contribution in [0.25, 0.3) is 5.78 Å². The lowest BCUT2D eigenvalue weighted by atomic mass is 10.0. The van der Waals surface area contributed by atoms with Crippen LogP contribution in [0.15, 0.2) is 28.7 Å². The van der Waals surface area contributed by atoms with Crippen LogP contribution in [0.5, 0.6) is 0 Å². The third-order valence-electron chi connectivity index (χ3n) is 5.09. The summed E-state index contributed by atoms with van der Waals surface area (Å²) in [4.78, 5) is 20.0. The van der Waals surface area contributed by atoms with E-state index in [1.807, 2.05) is 31.2 Å². The van der Waals surface area contributed by atoms with Gasteiger partial charge in [-0.05, 0) is 63.3 Å². The Morgan fingerprint density at radius 1 is 1.16 bits per heavy atom. The number of nitrogens with zero attached hydrogens (tertiary/aromatic N) is 4. The Morgan fingerprint density at radius 2 is 1.84 bits per heavy atom. The first-order chi connectivity index (χ1) is 14.5. The lowest BCUT2D eigenvalue weighted by Crippen LogP contribution is -2.33. The number of fused-ring (bicyclic) bond motifs is 1. The monoisotopic (exact) mass is 497 g/mol. The summed E-state index contributed by atoms with van der Waals surface area (Å²) in [7, 11) is 0. The van der Waals surface area contributed by atoms with E-state index < -0.39 is 12.0 Å². The van der Waals surface area contributed by atoms with Gasteiger partial charge in [0, 0.05) is 28.3 Å². The van der Waals surface area contributed by atoms with Crippen molar-refractivity contribution >= 4 is 27.6 Å². The van der Waals surface area contributed by atoms with E-state index in [2.05, 4.69) is 36.3 Å². The standard InChI is InChI=1S/C21H23BrF3N5O/c1-12(4-5-15-6-8-16(22)9-7-15)26-18(31)11-10-17-13(2)27-20-28-19(21(23,24)25)29-30(20)14(17)3/h6-9,12H,4-5,10-11H2,1-3H3,(H,26,31). The van der Waals surface area contributed by atoms with Crippen LogP contribution in [0.4, 0.5) is 13.2 Å². The Kier molecular flexibility index (Phi) is 6.98. The molecule has 1 N–H and O–H groups in total. The van der Waals surface area contributed by atoms with Crippen LogP contribution < -0.4 is 5.32 Å². The molecule has 0 spiro atoms. The summed E-state index contributed by atoms with van der Waals surface area (Å²) in [5, 5.41) is 6.51. The SMILES string of the molecule is Cc1nc2nc(C(F)(F)F)nn2c(C)c1CCC(=O)NC(C)CCc1ccc(Br)cc1. The van der Waals surface area contributed by atoms with Crippen LogP contribution in [-0.4, -0.2) is 31.5 Å². The van der Waals surface area contributed by atoms with Gasteiger partial charge >= 0.3 is 6.18 Å². The van der Waals surface area contributed by atoms with Gasteiger partial charge in [0.15, 0.2) is 0 Å². The number of alkyl halides is 3. The van der Waals surface area contributed by atoms with Crippen LogP contribution in [0.1, 0.15) is 48.1 Å². The first kappa shape index (κ1) is 23.2. The number of carbonyl (C=O) groups excluding carboxylic acids is 1. The van der Waals surface area contributed by atoms with E-state index in [9.17, 15) is 18.0 Å². The molecule has 0 aliphatic heterocycles. The lowest BCUT2D eigenvalue weighted by molar-refractivity contribution is -0.144. The average molecular weight is 498 g/mol. The third kappa shape index (κ3) is 5.81. The number of carbonyl (C=O) groups is 1. The van der Waals surface area contributed by atoms with E-state index in [1.54, 1.807) is 13.8 Å². The van der Waals surface area contributed by atoms with Crippen LogP contribution in [0, 0.1) is 13.8 Å². The fourth-order valence-corrected chi connectivity index (χ4v) is 3.65. The highest BCUT2D eigenvalue weighted by Crippen LogP contribution is 2.27. The van der Waals surface area contributed by atoms with Crippen LogP contribution >= 0.6 is 15.9 Å². The molecule has 0 fully saturated rings. The molecule has 0 aliphatic rings. The molecule has 1 aromatic carbocycles. The smallest absolute Gasteiger partial charge is 0.354 e. The van der Waals surface area contributed by atoms with Gasteiger partial charge in [-0.3, -0.25) is 4.79 Å². The maximum atomic E-state index is 12.9. The van der Waals surface area contributed by atoms with Gasteiger partial charge in [0.1, 0.15) is 0 Å². The number of aromatic nitrogens is 4. The molecule has 1 unspecified atom stereocenters. The fourth-order valence-electron chi connectivity index (χ4n) is 3.38. The number of aryl methyl sites for hydroxylation is 3. The van der Waals surface area contributed by atoms with E-state index in [1.165, 1.54) is 5.56 Å². The summed E-state index contributed by atoms with van der Waals surface area (Å²) in [6.07, 6.45) is -2.43. The molecule has 0 bridgehead atoms. The first-order valence-corrected chi connectivity index (χ1v) is 10.7. The predicted molar refractivity (Wildman–Crippen MR) is 114 cm³/mol. The molecule has 2 heterocycles. The van der Waals surface area contributed by atoms with Gasteiger partial charge < -0.3 is 5.32 Å². The highest BCUT2D eigenvalue weighted by atomic mass is 79.9. The minimum atomic E-state index is -4.64. The Bertz CT molecular complexity index is 1080. The fraction of sp³-hybridized carbons (Fsp3) is 0.429. The molecule has 10 heteroatoms. The number of rotatable bonds is 7. The molecule has 0 radical (unpaired) electrons. The molecule has 6 nitrogen and oxygen atoms in total. The summed E-state index contributed by atoms with van der Waals surface area (Å²) < 4.78 is 40.8. The van der Waals surface area contributed by atoms with Gasteiger partial charge in [-0.2, -0.15) is 18.2 Å². The largest absolute Gasteiger partial charge is 0.453 e. The van der Waals surface area contributed by atoms with E-state index in [0.717, 1.165) is 21.8 Å². The van der Waals surface area contributed by atoms with Crippen molar-refractivity contribution in [1.29, 1.82) is 0 Å². The molecule has 0 saturated carbocycles. The van der Waals surface area contributed by atoms with E-state index in [-0.39, 0.29) is 24.1 Å². The molecule has 3 aromatic rings. The van der Waals surface area contributed by atoms with Gasteiger partial charge in [-0.25, -0.2) is 9.50 Å². The Balaban J connectivity index is 1.59. The first-order valence-electron chi connectivity index (χ1n) is 9.88. The molecule has 31 heavy (non-hydrogen) atoms. The van der Waals surface area contributed by atoms with Gasteiger partial charge in [0.05, 0.1) is 0 Å². The summed E-state index contributed by atoms with van der Waals surface area (Å²) in [6.45, 7) is 5.31. The number of benzene rings is 1. The maximum absolute atomic E-state index is 12.9. The Morgan fingerprint density at radius 3 is 2.48 bits per heavy atom. The second kappa shape index (κ2) is 9.33. The maximum Gasteiger partial charge on any atom is 0.453 e. The third-order valence-corrected chi connectivity index (χ3v) is 5.62. The molecule has 0 saturated heterocycles. The van der Waals surface area contributed by atoms with Crippen molar-refractivity contribution in [2.24, 2.45) is 0 Å². The molecule has 2 aromatic heterocycles. The lowest BCUT2D eigenvalue weighted by Gasteiger charge is -2.15. The molecule has 1 atom stereocenters. The Hall–Kier alpha value is -2.49. The zero-order chi connectivity index (χ0) is 22.8. The van der Waals surface area contributed by atoms with Crippen molar-refractivity contribution in [3.8, 4) is 0 Å². The quantitative estimate of drug-likeness (QED) is 0.517. The van der Waals surface area contributed by atoms with Crippen molar-refractivity contribution in [3.05, 3.63) is 57.1 Å². The zero-order valence-electron chi connectivity index (χ0n) is 17.4.